The Morgan fingerprint density at radius 3 is 2.57 bits per heavy atom. The van der Waals surface area contributed by atoms with Crippen LogP contribution in [0.5, 0.6) is 0 Å². The maximum Gasteiger partial charge on any atom is 0.110 e. The van der Waals surface area contributed by atoms with Crippen molar-refractivity contribution in [3.8, 4) is 0 Å². The molecular weight excluding hydrogens is 370 g/mol. The smallest absolute Gasteiger partial charge is 0.110 e. The molecule has 3 atom stereocenters. The van der Waals surface area contributed by atoms with Gasteiger partial charge >= 0.3 is 0 Å². The third kappa shape index (κ3) is 3.25. The Bertz CT molecular complexity index is 1010. The summed E-state index contributed by atoms with van der Waals surface area (Å²) in [6, 6.07) is 18.4. The molecule has 6 rings (SSSR count). The van der Waals surface area contributed by atoms with Crippen LogP contribution in [0.2, 0.25) is 0 Å². The number of rotatable bonds is 3. The highest BCUT2D eigenvalue weighted by atomic mass is 15.3. The van der Waals surface area contributed by atoms with Crippen LogP contribution >= 0.6 is 0 Å². The number of nitrogens with zero attached hydrogens (tertiary/aromatic N) is 3. The molecule has 2 fully saturated rings. The van der Waals surface area contributed by atoms with Crippen molar-refractivity contribution in [1.82, 2.24) is 25.1 Å². The molecular formula is C25H31N5. The highest BCUT2D eigenvalue weighted by molar-refractivity contribution is 5.78. The predicted octanol–water partition coefficient (Wildman–Crippen LogP) is 3.27. The van der Waals surface area contributed by atoms with Crippen molar-refractivity contribution >= 4 is 11.0 Å². The Morgan fingerprint density at radius 1 is 0.900 bits per heavy atom. The van der Waals surface area contributed by atoms with Gasteiger partial charge < -0.3 is 15.2 Å². The van der Waals surface area contributed by atoms with E-state index in [0.717, 1.165) is 51.1 Å². The number of hydrogen-bond acceptors (Lipinski definition) is 4. The molecule has 0 amide bonds. The molecule has 0 spiro atoms. The van der Waals surface area contributed by atoms with Crippen molar-refractivity contribution in [2.24, 2.45) is 0 Å². The zero-order chi connectivity index (χ0) is 19.9. The minimum absolute atomic E-state index is 0.419. The summed E-state index contributed by atoms with van der Waals surface area (Å²) in [5.41, 5.74) is 5.34. The summed E-state index contributed by atoms with van der Waals surface area (Å²) in [5, 5.41) is 7.30. The van der Waals surface area contributed by atoms with E-state index >= 15 is 0 Å². The highest BCUT2D eigenvalue weighted by Gasteiger charge is 2.29. The molecule has 3 aliphatic rings. The van der Waals surface area contributed by atoms with Crippen LogP contribution in [-0.2, 0) is 6.42 Å². The Labute approximate surface area is 178 Å². The van der Waals surface area contributed by atoms with Gasteiger partial charge in [0.25, 0.3) is 0 Å². The summed E-state index contributed by atoms with van der Waals surface area (Å²) in [4.78, 5) is 7.58. The van der Waals surface area contributed by atoms with Crippen LogP contribution in [0.15, 0.2) is 48.5 Å². The number of hydrogen-bond donors (Lipinski definition) is 2. The topological polar surface area (TPSA) is 45.1 Å². The van der Waals surface area contributed by atoms with Crippen LogP contribution in [0, 0.1) is 0 Å². The maximum absolute atomic E-state index is 4.96. The second kappa shape index (κ2) is 7.80. The van der Waals surface area contributed by atoms with Gasteiger partial charge in [0.1, 0.15) is 5.82 Å². The normalized spacial score (nSPS) is 27.4. The average molecular weight is 402 g/mol. The van der Waals surface area contributed by atoms with E-state index in [0.29, 0.717) is 18.1 Å². The van der Waals surface area contributed by atoms with Gasteiger partial charge in [0.2, 0.25) is 0 Å². The van der Waals surface area contributed by atoms with Crippen LogP contribution in [0.4, 0.5) is 0 Å². The van der Waals surface area contributed by atoms with Crippen molar-refractivity contribution in [2.75, 3.05) is 32.7 Å². The van der Waals surface area contributed by atoms with Crippen LogP contribution in [-0.4, -0.2) is 53.3 Å². The number of nitrogens with one attached hydrogen (secondary N) is 2. The molecule has 4 heterocycles. The molecule has 0 bridgehead atoms. The van der Waals surface area contributed by atoms with Gasteiger partial charge in [-0.25, -0.2) is 4.98 Å². The Balaban J connectivity index is 1.25. The number of fused-ring (bicyclic) bond motifs is 3. The summed E-state index contributed by atoms with van der Waals surface area (Å²) < 4.78 is 2.51. The lowest BCUT2D eigenvalue weighted by molar-refractivity contribution is 0.116. The SMILES string of the molecule is c1ccc([C@H]2CCc3nc4ccc(C5CCC(N6CCNCC6)NC5)cc4n32)cc1. The van der Waals surface area contributed by atoms with E-state index in [1.807, 2.05) is 0 Å². The zero-order valence-electron chi connectivity index (χ0n) is 17.6. The predicted molar refractivity (Wildman–Crippen MR) is 121 cm³/mol. The second-order valence-corrected chi connectivity index (χ2v) is 9.10. The molecule has 0 saturated carbocycles. The number of benzene rings is 2. The molecule has 3 aliphatic heterocycles. The monoisotopic (exact) mass is 401 g/mol. The lowest BCUT2D eigenvalue weighted by Gasteiger charge is -2.40. The largest absolute Gasteiger partial charge is 0.320 e. The summed E-state index contributed by atoms with van der Waals surface area (Å²) >= 11 is 0. The van der Waals surface area contributed by atoms with Crippen molar-refractivity contribution in [3.63, 3.8) is 0 Å². The number of aromatic nitrogens is 2. The fourth-order valence-corrected chi connectivity index (χ4v) is 5.76. The summed E-state index contributed by atoms with van der Waals surface area (Å²) in [6.07, 6.45) is 5.27. The Hall–Kier alpha value is -2.21. The maximum atomic E-state index is 4.96. The first kappa shape index (κ1) is 18.6. The standard InChI is InChI=1S/C25H31N5/c1-2-4-18(5-3-1)22-9-11-25-28-21-8-6-19(16-23(21)30(22)25)20-7-10-24(27-17-20)29-14-12-26-13-15-29/h1-6,8,16,20,22,24,26-27H,7,9-15,17H2/t20?,22-,24?/m1/s1. The molecule has 1 aromatic heterocycles. The first-order chi connectivity index (χ1) is 14.9. The van der Waals surface area contributed by atoms with Crippen molar-refractivity contribution in [2.45, 2.75) is 43.8 Å². The van der Waals surface area contributed by atoms with E-state index in [9.17, 15) is 0 Å². The fourth-order valence-electron chi connectivity index (χ4n) is 5.76. The quantitative estimate of drug-likeness (QED) is 0.707. The van der Waals surface area contributed by atoms with E-state index in [4.69, 9.17) is 4.98 Å². The minimum Gasteiger partial charge on any atom is -0.320 e. The molecule has 30 heavy (non-hydrogen) atoms. The first-order valence-corrected chi connectivity index (χ1v) is 11.6. The number of piperazine rings is 1. The number of imidazole rings is 1. The summed E-state index contributed by atoms with van der Waals surface area (Å²) in [5.74, 6) is 1.84. The van der Waals surface area contributed by atoms with Gasteiger partial charge in [-0.15, -0.1) is 0 Å². The van der Waals surface area contributed by atoms with Crippen LogP contribution in [0.3, 0.4) is 0 Å². The Kier molecular flexibility index (Phi) is 4.82. The third-order valence-corrected chi connectivity index (χ3v) is 7.38. The van der Waals surface area contributed by atoms with Gasteiger partial charge in [0.05, 0.1) is 23.2 Å². The van der Waals surface area contributed by atoms with Gasteiger partial charge in [0.15, 0.2) is 0 Å². The Morgan fingerprint density at radius 2 is 1.77 bits per heavy atom. The first-order valence-electron chi connectivity index (χ1n) is 11.6. The third-order valence-electron chi connectivity index (χ3n) is 7.38. The lowest BCUT2D eigenvalue weighted by Crippen LogP contribution is -2.55. The van der Waals surface area contributed by atoms with Crippen molar-refractivity contribution < 1.29 is 0 Å². The van der Waals surface area contributed by atoms with Crippen molar-refractivity contribution in [3.05, 3.63) is 65.5 Å². The van der Waals surface area contributed by atoms with Crippen molar-refractivity contribution in [1.29, 1.82) is 0 Å². The fraction of sp³-hybridized carbons (Fsp3) is 0.480. The van der Waals surface area contributed by atoms with Gasteiger partial charge in [-0.1, -0.05) is 36.4 Å². The lowest BCUT2D eigenvalue weighted by atomic mass is 9.90. The van der Waals surface area contributed by atoms with E-state index < -0.39 is 0 Å². The van der Waals surface area contributed by atoms with Gasteiger partial charge in [-0.3, -0.25) is 4.90 Å². The van der Waals surface area contributed by atoms with Gasteiger partial charge in [-0.05, 0) is 48.4 Å². The van der Waals surface area contributed by atoms with E-state index in [1.165, 1.54) is 35.3 Å². The average Bonchev–Trinajstić information content (AvgIpc) is 3.39. The number of piperidine rings is 1. The summed E-state index contributed by atoms with van der Waals surface area (Å²) in [6.45, 7) is 5.64. The molecule has 156 valence electrons. The molecule has 5 nitrogen and oxygen atoms in total. The number of aryl methyl sites for hydroxylation is 1. The second-order valence-electron chi connectivity index (χ2n) is 9.10. The molecule has 5 heteroatoms. The summed E-state index contributed by atoms with van der Waals surface area (Å²) in [7, 11) is 0. The molecule has 2 saturated heterocycles. The molecule has 3 aromatic rings. The molecule has 2 unspecified atom stereocenters. The molecule has 2 N–H and O–H groups in total. The van der Waals surface area contributed by atoms with E-state index in [-0.39, 0.29) is 0 Å². The van der Waals surface area contributed by atoms with Crippen LogP contribution < -0.4 is 10.6 Å². The van der Waals surface area contributed by atoms with Crippen LogP contribution in [0.1, 0.15) is 48.2 Å². The van der Waals surface area contributed by atoms with E-state index in [2.05, 4.69) is 68.6 Å². The van der Waals surface area contributed by atoms with Crippen LogP contribution in [0.25, 0.3) is 11.0 Å². The molecule has 0 aliphatic carbocycles. The van der Waals surface area contributed by atoms with E-state index in [1.54, 1.807) is 0 Å². The van der Waals surface area contributed by atoms with Gasteiger partial charge in [-0.2, -0.15) is 0 Å². The molecule has 2 aromatic carbocycles. The zero-order valence-corrected chi connectivity index (χ0v) is 17.6. The van der Waals surface area contributed by atoms with Gasteiger partial charge in [0, 0.05) is 39.1 Å². The minimum atomic E-state index is 0.419. The molecule has 0 radical (unpaired) electrons. The highest BCUT2D eigenvalue weighted by Crippen LogP contribution is 2.37.